The Morgan fingerprint density at radius 2 is 2.09 bits per heavy atom. The largest absolute Gasteiger partial charge is 0.494 e. The third kappa shape index (κ3) is 4.11. The van der Waals surface area contributed by atoms with Crippen molar-refractivity contribution in [3.8, 4) is 23.0 Å². The van der Waals surface area contributed by atoms with E-state index in [0.717, 1.165) is 0 Å². The fourth-order valence-corrected chi connectivity index (χ4v) is 4.14. The van der Waals surface area contributed by atoms with Crippen molar-refractivity contribution in [2.75, 3.05) is 38.9 Å². The molecule has 2 aromatic carbocycles. The van der Waals surface area contributed by atoms with Gasteiger partial charge in [-0.05, 0) is 26.1 Å². The lowest BCUT2D eigenvalue weighted by molar-refractivity contribution is -0.134. The highest BCUT2D eigenvalue weighted by molar-refractivity contribution is 5.97. The van der Waals surface area contributed by atoms with Crippen LogP contribution < -0.4 is 24.3 Å². The molecule has 5 rings (SSSR count). The number of nitrogens with zero attached hydrogens (tertiary/aromatic N) is 3. The summed E-state index contributed by atoms with van der Waals surface area (Å²) in [7, 11) is 1.64. The Hall–Kier alpha value is -3.47. The van der Waals surface area contributed by atoms with E-state index in [9.17, 15) is 13.2 Å². The number of alkyl halides is 2. The van der Waals surface area contributed by atoms with Gasteiger partial charge in [-0.1, -0.05) is 0 Å². The van der Waals surface area contributed by atoms with E-state index < -0.39 is 24.4 Å². The number of likely N-dealkylation sites (tertiary alicyclic amines) is 1. The summed E-state index contributed by atoms with van der Waals surface area (Å²) in [4.78, 5) is 10.1. The van der Waals surface area contributed by atoms with E-state index in [4.69, 9.17) is 18.9 Å². The van der Waals surface area contributed by atoms with Crippen LogP contribution in [0.5, 0.6) is 23.0 Å². The molecule has 11 heteroatoms. The zero-order chi connectivity index (χ0) is 23.9. The molecule has 0 amide bonds. The van der Waals surface area contributed by atoms with Gasteiger partial charge in [-0.2, -0.15) is 0 Å². The van der Waals surface area contributed by atoms with Crippen LogP contribution in [0.4, 0.5) is 24.7 Å². The number of nitrogens with one attached hydrogen (secondary N) is 1. The van der Waals surface area contributed by atoms with Crippen LogP contribution in [-0.4, -0.2) is 60.4 Å². The van der Waals surface area contributed by atoms with E-state index >= 15 is 0 Å². The summed E-state index contributed by atoms with van der Waals surface area (Å²) in [6, 6.07) is 5.88. The number of anilines is 2. The number of piperidine rings is 1. The second kappa shape index (κ2) is 8.71. The van der Waals surface area contributed by atoms with Crippen LogP contribution in [0.1, 0.15) is 13.3 Å². The van der Waals surface area contributed by atoms with Gasteiger partial charge in [0, 0.05) is 25.1 Å². The average molecular weight is 476 g/mol. The molecule has 180 valence electrons. The van der Waals surface area contributed by atoms with Crippen LogP contribution >= 0.6 is 0 Å². The number of fused-ring (bicyclic) bond motifs is 2. The molecule has 2 aliphatic heterocycles. The van der Waals surface area contributed by atoms with Crippen LogP contribution in [0, 0.1) is 5.82 Å². The molecule has 34 heavy (non-hydrogen) atoms. The van der Waals surface area contributed by atoms with Gasteiger partial charge >= 0.3 is 0 Å². The van der Waals surface area contributed by atoms with E-state index in [1.165, 1.54) is 24.5 Å². The fraction of sp³-hybridized carbons (Fsp3) is 0.391. The van der Waals surface area contributed by atoms with Crippen molar-refractivity contribution >= 4 is 22.4 Å². The Labute approximate surface area is 193 Å². The quantitative estimate of drug-likeness (QED) is 0.563. The zero-order valence-electron chi connectivity index (χ0n) is 18.6. The highest BCUT2D eigenvalue weighted by Crippen LogP contribution is 2.44. The van der Waals surface area contributed by atoms with Crippen molar-refractivity contribution in [3.05, 3.63) is 36.4 Å². The summed E-state index contributed by atoms with van der Waals surface area (Å²) in [6.45, 7) is 2.17. The van der Waals surface area contributed by atoms with Crippen molar-refractivity contribution in [2.24, 2.45) is 0 Å². The molecule has 8 nitrogen and oxygen atoms in total. The summed E-state index contributed by atoms with van der Waals surface area (Å²) in [5.74, 6) is -2.39. The van der Waals surface area contributed by atoms with Gasteiger partial charge in [-0.15, -0.1) is 0 Å². The predicted molar refractivity (Wildman–Crippen MR) is 118 cm³/mol. The maximum Gasteiger partial charge on any atom is 0.296 e. The van der Waals surface area contributed by atoms with E-state index in [0.29, 0.717) is 35.6 Å². The minimum absolute atomic E-state index is 0.0134. The van der Waals surface area contributed by atoms with E-state index in [-0.39, 0.29) is 36.2 Å². The average Bonchev–Trinajstić information content (AvgIpc) is 3.26. The highest BCUT2D eigenvalue weighted by atomic mass is 19.3. The first-order chi connectivity index (χ1) is 16.4. The van der Waals surface area contributed by atoms with Crippen molar-refractivity contribution in [1.82, 2.24) is 14.9 Å². The second-order valence-corrected chi connectivity index (χ2v) is 8.15. The summed E-state index contributed by atoms with van der Waals surface area (Å²) < 4.78 is 66.5. The molecule has 0 radical (unpaired) electrons. The number of rotatable bonds is 6. The molecule has 0 unspecified atom stereocenters. The summed E-state index contributed by atoms with van der Waals surface area (Å²) in [5, 5.41) is 3.24. The van der Waals surface area contributed by atoms with Crippen molar-refractivity contribution < 1.29 is 32.1 Å². The molecule has 0 aliphatic carbocycles. The molecular weight excluding hydrogens is 453 g/mol. The van der Waals surface area contributed by atoms with Crippen molar-refractivity contribution in [3.63, 3.8) is 0 Å². The normalized spacial score (nSPS) is 19.3. The minimum atomic E-state index is -3.07. The van der Waals surface area contributed by atoms with E-state index in [1.807, 2.05) is 6.92 Å². The number of ether oxygens (including phenoxy) is 4. The van der Waals surface area contributed by atoms with Gasteiger partial charge in [0.25, 0.3) is 5.92 Å². The first-order valence-electron chi connectivity index (χ1n) is 10.9. The third-order valence-electron chi connectivity index (χ3n) is 5.71. The van der Waals surface area contributed by atoms with Gasteiger partial charge in [-0.3, -0.25) is 0 Å². The molecule has 2 aliphatic rings. The van der Waals surface area contributed by atoms with Gasteiger partial charge in [-0.25, -0.2) is 23.1 Å². The third-order valence-corrected chi connectivity index (χ3v) is 5.71. The fourth-order valence-electron chi connectivity index (χ4n) is 4.14. The lowest BCUT2D eigenvalue weighted by atomic mass is 10.0. The Kier molecular flexibility index (Phi) is 5.72. The lowest BCUT2D eigenvalue weighted by Gasteiger charge is -2.36. The van der Waals surface area contributed by atoms with Crippen LogP contribution in [0.25, 0.3) is 10.9 Å². The summed E-state index contributed by atoms with van der Waals surface area (Å²) in [6.07, 6.45) is 0.0605. The van der Waals surface area contributed by atoms with E-state index in [2.05, 4.69) is 15.3 Å². The Morgan fingerprint density at radius 3 is 2.88 bits per heavy atom. The molecule has 3 aromatic rings. The van der Waals surface area contributed by atoms with Gasteiger partial charge in [0.15, 0.2) is 23.4 Å². The van der Waals surface area contributed by atoms with Crippen LogP contribution in [0.3, 0.4) is 0 Å². The minimum Gasteiger partial charge on any atom is -0.494 e. The Bertz CT molecular complexity index is 1230. The smallest absolute Gasteiger partial charge is 0.296 e. The molecule has 1 saturated heterocycles. The van der Waals surface area contributed by atoms with E-state index in [1.54, 1.807) is 18.0 Å². The number of benzene rings is 2. The monoisotopic (exact) mass is 476 g/mol. The summed E-state index contributed by atoms with van der Waals surface area (Å²) >= 11 is 0. The first kappa shape index (κ1) is 22.3. The number of halogens is 3. The molecule has 3 heterocycles. The lowest BCUT2D eigenvalue weighted by Crippen LogP contribution is -2.52. The SMILES string of the molecule is CCOc1cc(O[C@H]2CCN(C)CC2(F)F)c2c(Nc3c(F)ccc4c3OCO4)ncnc2c1. The van der Waals surface area contributed by atoms with Crippen molar-refractivity contribution in [2.45, 2.75) is 25.4 Å². The number of aromatic nitrogens is 2. The number of hydrogen-bond acceptors (Lipinski definition) is 8. The standard InChI is InChI=1S/C23H23F3N4O4/c1-3-31-13-8-15-19(17(9-13)34-18-6-7-30(2)10-23(18,25)26)22(28-11-27-15)29-20-14(24)4-5-16-21(20)33-12-32-16/h4-5,8-9,11,18H,3,6-7,10,12H2,1-2H3,(H,27,28,29)/t18-/m0/s1. The Balaban J connectivity index is 1.60. The maximum absolute atomic E-state index is 14.8. The molecule has 1 atom stereocenters. The van der Waals surface area contributed by atoms with Gasteiger partial charge < -0.3 is 29.2 Å². The first-order valence-corrected chi connectivity index (χ1v) is 10.9. The molecule has 0 saturated carbocycles. The van der Waals surface area contributed by atoms with Crippen LogP contribution in [-0.2, 0) is 0 Å². The highest BCUT2D eigenvalue weighted by Gasteiger charge is 2.45. The Morgan fingerprint density at radius 1 is 1.24 bits per heavy atom. The van der Waals surface area contributed by atoms with Crippen molar-refractivity contribution in [1.29, 1.82) is 0 Å². The number of hydrogen-bond donors (Lipinski definition) is 1. The molecule has 1 fully saturated rings. The van der Waals surface area contributed by atoms with Gasteiger partial charge in [0.1, 0.15) is 29.3 Å². The van der Waals surface area contributed by atoms with Gasteiger partial charge in [0.2, 0.25) is 6.79 Å². The second-order valence-electron chi connectivity index (χ2n) is 8.15. The maximum atomic E-state index is 14.8. The van der Waals surface area contributed by atoms with Crippen LogP contribution in [0.15, 0.2) is 30.6 Å². The molecule has 0 spiro atoms. The van der Waals surface area contributed by atoms with Crippen LogP contribution in [0.2, 0.25) is 0 Å². The predicted octanol–water partition coefficient (Wildman–Crippen LogP) is 4.36. The zero-order valence-corrected chi connectivity index (χ0v) is 18.6. The topological polar surface area (TPSA) is 78.0 Å². The molecular formula is C23H23F3N4O4. The molecule has 1 aromatic heterocycles. The van der Waals surface area contributed by atoms with Gasteiger partial charge in [0.05, 0.1) is 24.1 Å². The molecule has 1 N–H and O–H groups in total. The molecule has 0 bridgehead atoms. The summed E-state index contributed by atoms with van der Waals surface area (Å²) in [5.41, 5.74) is 0.402.